The van der Waals surface area contributed by atoms with Crippen LogP contribution in [0, 0.1) is 13.8 Å². The van der Waals surface area contributed by atoms with Crippen molar-refractivity contribution in [3.63, 3.8) is 0 Å². The molecule has 0 aromatic heterocycles. The Bertz CT molecular complexity index is 1370. The summed E-state index contributed by atoms with van der Waals surface area (Å²) in [6.07, 6.45) is 1.41. The number of carbonyl (C=O) groups is 3. The van der Waals surface area contributed by atoms with Gasteiger partial charge in [-0.1, -0.05) is 29.8 Å². The van der Waals surface area contributed by atoms with Crippen LogP contribution in [0.25, 0.3) is 6.08 Å². The van der Waals surface area contributed by atoms with E-state index in [4.69, 9.17) is 21.1 Å². The molecule has 3 aromatic carbocycles. The molecular weight excluding hydrogens is 468 g/mol. The molecule has 1 N–H and O–H groups in total. The summed E-state index contributed by atoms with van der Waals surface area (Å²) in [6, 6.07) is 16.7. The van der Waals surface area contributed by atoms with Gasteiger partial charge in [0.1, 0.15) is 23.7 Å². The number of hydrogen-bond donors (Lipinski definition) is 1. The second-order valence-corrected chi connectivity index (χ2v) is 8.49. The largest absolute Gasteiger partial charge is 0.497 e. The van der Waals surface area contributed by atoms with Crippen LogP contribution >= 0.6 is 11.6 Å². The summed E-state index contributed by atoms with van der Waals surface area (Å²) in [7, 11) is 1.53. The summed E-state index contributed by atoms with van der Waals surface area (Å²) in [5.41, 5.74) is 3.43. The van der Waals surface area contributed by atoms with E-state index in [2.05, 4.69) is 5.32 Å². The zero-order valence-electron chi connectivity index (χ0n) is 19.4. The topological polar surface area (TPSA) is 84.9 Å². The van der Waals surface area contributed by atoms with Crippen LogP contribution in [-0.4, -0.2) is 25.0 Å². The van der Waals surface area contributed by atoms with Crippen molar-refractivity contribution in [1.29, 1.82) is 0 Å². The first kappa shape index (κ1) is 24.0. The van der Waals surface area contributed by atoms with E-state index >= 15 is 0 Å². The highest BCUT2D eigenvalue weighted by Crippen LogP contribution is 2.30. The molecular formula is C27H23ClN2O5. The molecule has 3 aromatic rings. The molecule has 0 atom stereocenters. The molecule has 0 spiro atoms. The molecule has 0 radical (unpaired) electrons. The number of nitrogens with zero attached hydrogens (tertiary/aromatic N) is 1. The third kappa shape index (κ3) is 5.20. The summed E-state index contributed by atoms with van der Waals surface area (Å²) in [4.78, 5) is 39.4. The van der Waals surface area contributed by atoms with Gasteiger partial charge in [0, 0.05) is 16.7 Å². The number of rotatable bonds is 6. The SMILES string of the molecule is COc1ccc(/C=C2\C(=O)NC(=O)N(c3ccc(C)c(C)c3)C2=O)c(OCc2cccc(Cl)c2)c1. The van der Waals surface area contributed by atoms with Gasteiger partial charge in [-0.25, -0.2) is 9.69 Å². The van der Waals surface area contributed by atoms with Crippen molar-refractivity contribution in [2.45, 2.75) is 20.5 Å². The van der Waals surface area contributed by atoms with Crippen molar-refractivity contribution < 1.29 is 23.9 Å². The Hall–Kier alpha value is -4.10. The third-order valence-corrected chi connectivity index (χ3v) is 5.89. The minimum absolute atomic E-state index is 0.194. The Balaban J connectivity index is 1.69. The number of ether oxygens (including phenoxy) is 2. The van der Waals surface area contributed by atoms with Gasteiger partial charge in [-0.2, -0.15) is 0 Å². The monoisotopic (exact) mass is 490 g/mol. The summed E-state index contributed by atoms with van der Waals surface area (Å²) in [5, 5.41) is 2.83. The first-order valence-electron chi connectivity index (χ1n) is 10.8. The number of methoxy groups -OCH3 is 1. The highest BCUT2D eigenvalue weighted by molar-refractivity contribution is 6.39. The zero-order valence-corrected chi connectivity index (χ0v) is 20.2. The fourth-order valence-electron chi connectivity index (χ4n) is 3.59. The summed E-state index contributed by atoms with van der Waals surface area (Å²) < 4.78 is 11.3. The average molecular weight is 491 g/mol. The van der Waals surface area contributed by atoms with Crippen LogP contribution < -0.4 is 19.7 Å². The highest BCUT2D eigenvalue weighted by Gasteiger charge is 2.37. The van der Waals surface area contributed by atoms with E-state index in [1.165, 1.54) is 13.2 Å². The maximum Gasteiger partial charge on any atom is 0.335 e. The van der Waals surface area contributed by atoms with E-state index in [9.17, 15) is 14.4 Å². The normalized spacial score (nSPS) is 14.8. The van der Waals surface area contributed by atoms with Crippen molar-refractivity contribution in [2.24, 2.45) is 0 Å². The van der Waals surface area contributed by atoms with Gasteiger partial charge in [0.05, 0.1) is 12.8 Å². The number of urea groups is 1. The minimum Gasteiger partial charge on any atom is -0.497 e. The number of carbonyl (C=O) groups excluding carboxylic acids is 3. The molecule has 0 saturated carbocycles. The lowest BCUT2D eigenvalue weighted by Crippen LogP contribution is -2.54. The van der Waals surface area contributed by atoms with Crippen LogP contribution in [0.3, 0.4) is 0 Å². The Labute approximate surface area is 207 Å². The number of amides is 4. The minimum atomic E-state index is -0.799. The van der Waals surface area contributed by atoms with Crippen molar-refractivity contribution in [2.75, 3.05) is 12.0 Å². The molecule has 1 saturated heterocycles. The number of anilines is 1. The van der Waals surface area contributed by atoms with Gasteiger partial charge in [-0.05, 0) is 73.0 Å². The van der Waals surface area contributed by atoms with Crippen LogP contribution in [0.4, 0.5) is 10.5 Å². The van der Waals surface area contributed by atoms with Gasteiger partial charge in [-0.3, -0.25) is 14.9 Å². The molecule has 8 heteroatoms. The standard InChI is InChI=1S/C27H23ClN2O5/c1-16-7-9-21(11-17(16)2)30-26(32)23(25(31)29-27(30)33)13-19-8-10-22(34-3)14-24(19)35-15-18-5-4-6-20(28)12-18/h4-14H,15H2,1-3H3,(H,29,31,33)/b23-13+. The fourth-order valence-corrected chi connectivity index (χ4v) is 3.80. The molecule has 0 bridgehead atoms. The molecule has 0 unspecified atom stereocenters. The number of imide groups is 2. The lowest BCUT2D eigenvalue weighted by molar-refractivity contribution is -0.122. The predicted molar refractivity (Wildman–Crippen MR) is 134 cm³/mol. The first-order valence-corrected chi connectivity index (χ1v) is 11.2. The van der Waals surface area contributed by atoms with Gasteiger partial charge in [0.15, 0.2) is 0 Å². The Morgan fingerprint density at radius 2 is 1.77 bits per heavy atom. The average Bonchev–Trinajstić information content (AvgIpc) is 2.83. The van der Waals surface area contributed by atoms with Gasteiger partial charge in [0.25, 0.3) is 11.8 Å². The number of benzene rings is 3. The fraction of sp³-hybridized carbons (Fsp3) is 0.148. The summed E-state index contributed by atoms with van der Waals surface area (Å²) in [6.45, 7) is 4.02. The van der Waals surface area contributed by atoms with Crippen LogP contribution in [-0.2, 0) is 16.2 Å². The lowest BCUT2D eigenvalue weighted by Gasteiger charge is -2.27. The van der Waals surface area contributed by atoms with Crippen molar-refractivity contribution in [3.8, 4) is 11.5 Å². The van der Waals surface area contributed by atoms with Crippen LogP contribution in [0.5, 0.6) is 11.5 Å². The highest BCUT2D eigenvalue weighted by atomic mass is 35.5. The van der Waals surface area contributed by atoms with Gasteiger partial charge >= 0.3 is 6.03 Å². The molecule has 35 heavy (non-hydrogen) atoms. The first-order chi connectivity index (χ1) is 16.8. The van der Waals surface area contributed by atoms with E-state index in [0.717, 1.165) is 21.6 Å². The molecule has 1 aliphatic rings. The Kier molecular flexibility index (Phi) is 6.89. The molecule has 4 rings (SSSR count). The number of barbiturate groups is 1. The number of halogens is 1. The maximum absolute atomic E-state index is 13.3. The molecule has 1 heterocycles. The second kappa shape index (κ2) is 10.0. The maximum atomic E-state index is 13.3. The van der Waals surface area contributed by atoms with E-state index < -0.39 is 17.8 Å². The van der Waals surface area contributed by atoms with Crippen molar-refractivity contribution >= 4 is 41.2 Å². The Morgan fingerprint density at radius 1 is 0.971 bits per heavy atom. The van der Waals surface area contributed by atoms with E-state index in [1.807, 2.05) is 32.0 Å². The van der Waals surface area contributed by atoms with Crippen molar-refractivity contribution in [1.82, 2.24) is 5.32 Å². The van der Waals surface area contributed by atoms with Gasteiger partial charge in [0.2, 0.25) is 0 Å². The van der Waals surface area contributed by atoms with Gasteiger partial charge < -0.3 is 9.47 Å². The van der Waals surface area contributed by atoms with Crippen LogP contribution in [0.1, 0.15) is 22.3 Å². The Morgan fingerprint density at radius 3 is 2.49 bits per heavy atom. The van der Waals surface area contributed by atoms with Crippen LogP contribution in [0.15, 0.2) is 66.2 Å². The van der Waals surface area contributed by atoms with E-state index in [1.54, 1.807) is 42.5 Å². The smallest absolute Gasteiger partial charge is 0.335 e. The van der Waals surface area contributed by atoms with E-state index in [-0.39, 0.29) is 12.2 Å². The molecule has 7 nitrogen and oxygen atoms in total. The molecule has 1 aliphatic heterocycles. The van der Waals surface area contributed by atoms with Crippen molar-refractivity contribution in [3.05, 3.63) is 93.5 Å². The number of hydrogen-bond acceptors (Lipinski definition) is 5. The van der Waals surface area contributed by atoms with Gasteiger partial charge in [-0.15, -0.1) is 0 Å². The predicted octanol–water partition coefficient (Wildman–Crippen LogP) is 5.21. The second-order valence-electron chi connectivity index (χ2n) is 8.05. The summed E-state index contributed by atoms with van der Waals surface area (Å²) in [5.74, 6) is -0.568. The summed E-state index contributed by atoms with van der Waals surface area (Å²) >= 11 is 6.06. The van der Waals surface area contributed by atoms with Crippen LogP contribution in [0.2, 0.25) is 5.02 Å². The lowest BCUT2D eigenvalue weighted by atomic mass is 10.0. The zero-order chi connectivity index (χ0) is 25.1. The number of nitrogens with one attached hydrogen (secondary N) is 1. The van der Waals surface area contributed by atoms with E-state index in [0.29, 0.717) is 27.8 Å². The molecule has 178 valence electrons. The quantitative estimate of drug-likeness (QED) is 0.378. The number of aryl methyl sites for hydroxylation is 2. The molecule has 4 amide bonds. The molecule has 0 aliphatic carbocycles. The third-order valence-electron chi connectivity index (χ3n) is 5.65. The molecule has 1 fully saturated rings.